The van der Waals surface area contributed by atoms with Gasteiger partial charge in [0.25, 0.3) is 0 Å². The minimum absolute atomic E-state index is 0.237. The first-order valence-electron chi connectivity index (χ1n) is 6.84. The fourth-order valence-electron chi connectivity index (χ4n) is 2.85. The van der Waals surface area contributed by atoms with Crippen molar-refractivity contribution in [2.24, 2.45) is 18.7 Å². The highest BCUT2D eigenvalue weighted by Crippen LogP contribution is 2.26. The monoisotopic (exact) mass is 236 g/mol. The van der Waals surface area contributed by atoms with E-state index in [1.54, 1.807) is 6.33 Å². The molecule has 1 atom stereocenters. The first kappa shape index (κ1) is 12.6. The van der Waals surface area contributed by atoms with Crippen LogP contribution in [0.2, 0.25) is 0 Å². The second-order valence-electron chi connectivity index (χ2n) is 5.36. The van der Waals surface area contributed by atoms with Crippen LogP contribution in [0.1, 0.15) is 50.8 Å². The molecule has 0 aliphatic heterocycles. The van der Waals surface area contributed by atoms with E-state index in [0.717, 1.165) is 24.6 Å². The highest BCUT2D eigenvalue weighted by molar-refractivity contribution is 4.88. The van der Waals surface area contributed by atoms with Crippen LogP contribution >= 0.6 is 0 Å². The van der Waals surface area contributed by atoms with E-state index in [-0.39, 0.29) is 6.04 Å². The zero-order valence-electron chi connectivity index (χ0n) is 10.8. The number of aryl methyl sites for hydroxylation is 1. The molecule has 1 aromatic heterocycles. The lowest BCUT2D eigenvalue weighted by molar-refractivity contribution is 0.382. The lowest BCUT2D eigenvalue weighted by Crippen LogP contribution is -2.27. The predicted octanol–water partition coefficient (Wildman–Crippen LogP) is 2.05. The van der Waals surface area contributed by atoms with Crippen molar-refractivity contribution < 1.29 is 0 Å². The molecule has 4 nitrogen and oxygen atoms in total. The first-order valence-corrected chi connectivity index (χ1v) is 6.84. The quantitative estimate of drug-likeness (QED) is 0.814. The van der Waals surface area contributed by atoms with Crippen LogP contribution in [0.5, 0.6) is 0 Å². The molecule has 0 aromatic carbocycles. The number of hydrogen-bond acceptors (Lipinski definition) is 3. The Morgan fingerprint density at radius 3 is 2.65 bits per heavy atom. The van der Waals surface area contributed by atoms with Crippen molar-refractivity contribution in [1.29, 1.82) is 0 Å². The Hall–Kier alpha value is -0.900. The summed E-state index contributed by atoms with van der Waals surface area (Å²) in [4.78, 5) is 4.24. The van der Waals surface area contributed by atoms with E-state index in [1.165, 1.54) is 38.5 Å². The standard InChI is InChI=1S/C13H24N4/c1-17-13(15-10-16-17)9-12(14)8-11-6-4-2-3-5-7-11/h10-12H,2-9,14H2,1H3. The fourth-order valence-corrected chi connectivity index (χ4v) is 2.85. The number of nitrogens with zero attached hydrogens (tertiary/aromatic N) is 3. The molecule has 0 amide bonds. The zero-order valence-corrected chi connectivity index (χ0v) is 10.8. The van der Waals surface area contributed by atoms with E-state index >= 15 is 0 Å². The lowest BCUT2D eigenvalue weighted by atomic mass is 9.91. The summed E-state index contributed by atoms with van der Waals surface area (Å²) in [5, 5.41) is 4.08. The van der Waals surface area contributed by atoms with Crippen molar-refractivity contribution in [3.05, 3.63) is 12.2 Å². The first-order chi connectivity index (χ1) is 8.25. The van der Waals surface area contributed by atoms with Gasteiger partial charge in [-0.15, -0.1) is 0 Å². The fraction of sp³-hybridized carbons (Fsp3) is 0.846. The van der Waals surface area contributed by atoms with Gasteiger partial charge < -0.3 is 5.73 Å². The van der Waals surface area contributed by atoms with Crippen LogP contribution in [0.15, 0.2) is 6.33 Å². The molecule has 1 heterocycles. The molecule has 17 heavy (non-hydrogen) atoms. The van der Waals surface area contributed by atoms with Gasteiger partial charge in [-0.25, -0.2) is 4.98 Å². The second-order valence-corrected chi connectivity index (χ2v) is 5.36. The summed E-state index contributed by atoms with van der Waals surface area (Å²) in [5.74, 6) is 1.84. The maximum Gasteiger partial charge on any atom is 0.138 e. The summed E-state index contributed by atoms with van der Waals surface area (Å²) in [6.45, 7) is 0. The van der Waals surface area contributed by atoms with Crippen molar-refractivity contribution in [3.63, 3.8) is 0 Å². The summed E-state index contributed by atoms with van der Waals surface area (Å²) < 4.78 is 1.83. The van der Waals surface area contributed by atoms with Crippen LogP contribution in [0, 0.1) is 5.92 Å². The summed E-state index contributed by atoms with van der Waals surface area (Å²) >= 11 is 0. The third-order valence-electron chi connectivity index (χ3n) is 3.86. The highest BCUT2D eigenvalue weighted by Gasteiger charge is 2.17. The van der Waals surface area contributed by atoms with Gasteiger partial charge in [0.15, 0.2) is 0 Å². The molecule has 1 aliphatic rings. The number of rotatable bonds is 4. The van der Waals surface area contributed by atoms with Crippen molar-refractivity contribution >= 4 is 0 Å². The normalized spacial score (nSPS) is 20.1. The van der Waals surface area contributed by atoms with Crippen LogP contribution in [-0.2, 0) is 13.5 Å². The van der Waals surface area contributed by atoms with E-state index in [1.807, 2.05) is 11.7 Å². The molecule has 1 unspecified atom stereocenters. The van der Waals surface area contributed by atoms with Gasteiger partial charge in [0.05, 0.1) is 0 Å². The lowest BCUT2D eigenvalue weighted by Gasteiger charge is -2.18. The molecule has 4 heteroatoms. The van der Waals surface area contributed by atoms with Crippen molar-refractivity contribution in [1.82, 2.24) is 14.8 Å². The molecule has 1 fully saturated rings. The largest absolute Gasteiger partial charge is 0.327 e. The third kappa shape index (κ3) is 3.80. The molecule has 2 rings (SSSR count). The molecule has 1 aromatic rings. The number of nitrogens with two attached hydrogens (primary N) is 1. The van der Waals surface area contributed by atoms with Gasteiger partial charge in [0.2, 0.25) is 0 Å². The van der Waals surface area contributed by atoms with Crippen LogP contribution < -0.4 is 5.73 Å². The van der Waals surface area contributed by atoms with Crippen molar-refractivity contribution in [3.8, 4) is 0 Å². The second kappa shape index (κ2) is 6.15. The van der Waals surface area contributed by atoms with E-state index < -0.39 is 0 Å². The Labute approximate surface area is 104 Å². The average Bonchev–Trinajstić information content (AvgIpc) is 2.55. The minimum Gasteiger partial charge on any atom is -0.327 e. The molecule has 0 radical (unpaired) electrons. The van der Waals surface area contributed by atoms with Crippen LogP contribution in [0.25, 0.3) is 0 Å². The summed E-state index contributed by atoms with van der Waals surface area (Å²) in [5.41, 5.74) is 6.23. The van der Waals surface area contributed by atoms with Crippen LogP contribution in [0.4, 0.5) is 0 Å². The molecule has 1 saturated carbocycles. The molecular formula is C13H24N4. The van der Waals surface area contributed by atoms with E-state index in [4.69, 9.17) is 5.73 Å². The Morgan fingerprint density at radius 1 is 1.35 bits per heavy atom. The van der Waals surface area contributed by atoms with Gasteiger partial charge in [-0.3, -0.25) is 4.68 Å². The Morgan fingerprint density at radius 2 is 2.06 bits per heavy atom. The molecule has 2 N–H and O–H groups in total. The van der Waals surface area contributed by atoms with Crippen LogP contribution in [0.3, 0.4) is 0 Å². The maximum absolute atomic E-state index is 6.23. The highest BCUT2D eigenvalue weighted by atomic mass is 15.3. The molecule has 0 spiro atoms. The van der Waals surface area contributed by atoms with Crippen molar-refractivity contribution in [2.45, 2.75) is 57.4 Å². The Bertz CT molecular complexity index is 326. The van der Waals surface area contributed by atoms with Gasteiger partial charge in [-0.05, 0) is 12.3 Å². The maximum atomic E-state index is 6.23. The smallest absolute Gasteiger partial charge is 0.138 e. The molecular weight excluding hydrogens is 212 g/mol. The van der Waals surface area contributed by atoms with E-state index in [9.17, 15) is 0 Å². The molecule has 0 bridgehead atoms. The van der Waals surface area contributed by atoms with Gasteiger partial charge in [-0.1, -0.05) is 38.5 Å². The van der Waals surface area contributed by atoms with Gasteiger partial charge in [0, 0.05) is 19.5 Å². The summed E-state index contributed by atoms with van der Waals surface area (Å²) in [6, 6.07) is 0.237. The van der Waals surface area contributed by atoms with Gasteiger partial charge >= 0.3 is 0 Å². The number of aromatic nitrogens is 3. The minimum atomic E-state index is 0.237. The Kier molecular flexibility index (Phi) is 4.54. The summed E-state index contributed by atoms with van der Waals surface area (Å²) in [6.07, 6.45) is 11.9. The predicted molar refractivity (Wildman–Crippen MR) is 68.5 cm³/mol. The van der Waals surface area contributed by atoms with Gasteiger partial charge in [-0.2, -0.15) is 5.10 Å². The van der Waals surface area contributed by atoms with Gasteiger partial charge in [0.1, 0.15) is 12.2 Å². The van der Waals surface area contributed by atoms with Crippen molar-refractivity contribution in [2.75, 3.05) is 0 Å². The van der Waals surface area contributed by atoms with E-state index in [2.05, 4.69) is 10.1 Å². The molecule has 0 saturated heterocycles. The summed E-state index contributed by atoms with van der Waals surface area (Å²) in [7, 11) is 1.93. The average molecular weight is 236 g/mol. The number of hydrogen-bond donors (Lipinski definition) is 1. The third-order valence-corrected chi connectivity index (χ3v) is 3.86. The topological polar surface area (TPSA) is 56.7 Å². The van der Waals surface area contributed by atoms with Crippen LogP contribution in [-0.4, -0.2) is 20.8 Å². The van der Waals surface area contributed by atoms with E-state index in [0.29, 0.717) is 0 Å². The zero-order chi connectivity index (χ0) is 12.1. The molecule has 1 aliphatic carbocycles. The molecule has 96 valence electrons. The SMILES string of the molecule is Cn1ncnc1CC(N)CC1CCCCCC1. The Balaban J connectivity index is 1.80.